The van der Waals surface area contributed by atoms with Gasteiger partial charge in [-0.3, -0.25) is 4.79 Å². The van der Waals surface area contributed by atoms with Crippen LogP contribution in [0.1, 0.15) is 6.92 Å². The van der Waals surface area contributed by atoms with Gasteiger partial charge in [0.2, 0.25) is 0 Å². The van der Waals surface area contributed by atoms with Gasteiger partial charge >= 0.3 is 0 Å². The second-order valence-electron chi connectivity index (χ2n) is 6.52. The SMILES string of the molecule is CC(Oc1ccc(Cl)cc1Cl)C(=O)Nc1ccc(N2CCN(C)CC2)nc1. The first kappa shape index (κ1) is 19.7. The first-order valence-electron chi connectivity index (χ1n) is 8.74. The Bertz CT molecular complexity index is 793. The van der Waals surface area contributed by atoms with E-state index in [4.69, 9.17) is 27.9 Å². The zero-order valence-corrected chi connectivity index (χ0v) is 16.8. The Kier molecular flexibility index (Phi) is 6.42. The molecule has 8 heteroatoms. The number of carbonyl (C=O) groups excluding carboxylic acids is 1. The highest BCUT2D eigenvalue weighted by atomic mass is 35.5. The molecule has 1 unspecified atom stereocenters. The molecule has 144 valence electrons. The molecular weight excluding hydrogens is 387 g/mol. The number of piperazine rings is 1. The van der Waals surface area contributed by atoms with Crippen LogP contribution in [0.5, 0.6) is 5.75 Å². The average molecular weight is 409 g/mol. The van der Waals surface area contributed by atoms with E-state index in [1.165, 1.54) is 0 Å². The molecule has 0 bridgehead atoms. The minimum Gasteiger partial charge on any atom is -0.479 e. The van der Waals surface area contributed by atoms with Crippen LogP contribution >= 0.6 is 23.2 Å². The highest BCUT2D eigenvalue weighted by molar-refractivity contribution is 6.35. The van der Waals surface area contributed by atoms with E-state index in [2.05, 4.69) is 27.1 Å². The van der Waals surface area contributed by atoms with Crippen LogP contribution in [-0.2, 0) is 4.79 Å². The van der Waals surface area contributed by atoms with E-state index < -0.39 is 6.10 Å². The van der Waals surface area contributed by atoms with Crippen LogP contribution in [0.4, 0.5) is 11.5 Å². The molecule has 1 aliphatic heterocycles. The monoisotopic (exact) mass is 408 g/mol. The van der Waals surface area contributed by atoms with Crippen molar-refractivity contribution in [2.24, 2.45) is 0 Å². The molecule has 0 radical (unpaired) electrons. The number of nitrogens with one attached hydrogen (secondary N) is 1. The number of halogens is 2. The number of nitrogens with zero attached hydrogens (tertiary/aromatic N) is 3. The Morgan fingerprint density at radius 2 is 1.93 bits per heavy atom. The molecule has 27 heavy (non-hydrogen) atoms. The minimum absolute atomic E-state index is 0.282. The molecule has 1 saturated heterocycles. The number of hydrogen-bond acceptors (Lipinski definition) is 5. The summed E-state index contributed by atoms with van der Waals surface area (Å²) in [6.07, 6.45) is 0.939. The first-order chi connectivity index (χ1) is 12.9. The number of anilines is 2. The van der Waals surface area contributed by atoms with Gasteiger partial charge in [0.15, 0.2) is 6.10 Å². The van der Waals surface area contributed by atoms with Gasteiger partial charge in [0.05, 0.1) is 16.9 Å². The van der Waals surface area contributed by atoms with Crippen molar-refractivity contribution in [1.29, 1.82) is 0 Å². The van der Waals surface area contributed by atoms with Gasteiger partial charge in [0.1, 0.15) is 11.6 Å². The number of hydrogen-bond donors (Lipinski definition) is 1. The number of ether oxygens (including phenoxy) is 1. The molecule has 2 heterocycles. The number of likely N-dealkylation sites (N-methyl/N-ethyl adjacent to an activating group) is 1. The van der Waals surface area contributed by atoms with Crippen molar-refractivity contribution < 1.29 is 9.53 Å². The maximum atomic E-state index is 12.4. The smallest absolute Gasteiger partial charge is 0.265 e. The predicted octanol–water partition coefficient (Wildman–Crippen LogP) is 3.55. The summed E-state index contributed by atoms with van der Waals surface area (Å²) in [5, 5.41) is 3.68. The zero-order chi connectivity index (χ0) is 19.4. The molecule has 3 rings (SSSR count). The third kappa shape index (κ3) is 5.25. The van der Waals surface area contributed by atoms with Crippen LogP contribution in [0, 0.1) is 0 Å². The quantitative estimate of drug-likeness (QED) is 0.819. The fourth-order valence-electron chi connectivity index (χ4n) is 2.74. The maximum Gasteiger partial charge on any atom is 0.265 e. The molecule has 1 aromatic heterocycles. The molecule has 1 N–H and O–H groups in total. The molecule has 2 aromatic rings. The van der Waals surface area contributed by atoms with Gasteiger partial charge in [-0.05, 0) is 44.3 Å². The molecule has 6 nitrogen and oxygen atoms in total. The van der Waals surface area contributed by atoms with Gasteiger partial charge in [-0.2, -0.15) is 0 Å². The number of aromatic nitrogens is 1. The summed E-state index contributed by atoms with van der Waals surface area (Å²) < 4.78 is 5.63. The van der Waals surface area contributed by atoms with E-state index in [0.717, 1.165) is 32.0 Å². The Morgan fingerprint density at radius 3 is 2.56 bits per heavy atom. The lowest BCUT2D eigenvalue weighted by Gasteiger charge is -2.33. The maximum absolute atomic E-state index is 12.4. The fraction of sp³-hybridized carbons (Fsp3) is 0.368. The Hall–Kier alpha value is -2.02. The first-order valence-corrected chi connectivity index (χ1v) is 9.50. The van der Waals surface area contributed by atoms with Crippen LogP contribution in [0.3, 0.4) is 0 Å². The van der Waals surface area contributed by atoms with Crippen LogP contribution < -0.4 is 15.0 Å². The van der Waals surface area contributed by atoms with E-state index >= 15 is 0 Å². The summed E-state index contributed by atoms with van der Waals surface area (Å²) in [7, 11) is 2.11. The largest absolute Gasteiger partial charge is 0.479 e. The molecule has 1 aliphatic rings. The predicted molar refractivity (Wildman–Crippen MR) is 109 cm³/mol. The summed E-state index contributed by atoms with van der Waals surface area (Å²) in [6, 6.07) is 8.64. The molecule has 1 aromatic carbocycles. The molecule has 1 fully saturated rings. The normalized spacial score (nSPS) is 16.1. The van der Waals surface area contributed by atoms with Crippen LogP contribution in [-0.4, -0.2) is 55.1 Å². The van der Waals surface area contributed by atoms with E-state index in [0.29, 0.717) is 21.5 Å². The highest BCUT2D eigenvalue weighted by Crippen LogP contribution is 2.28. The Morgan fingerprint density at radius 1 is 1.19 bits per heavy atom. The summed E-state index contributed by atoms with van der Waals surface area (Å²) in [4.78, 5) is 21.4. The topological polar surface area (TPSA) is 57.7 Å². The second-order valence-corrected chi connectivity index (χ2v) is 7.36. The summed E-state index contributed by atoms with van der Waals surface area (Å²) in [6.45, 7) is 5.58. The van der Waals surface area contributed by atoms with Crippen molar-refractivity contribution in [2.45, 2.75) is 13.0 Å². The second kappa shape index (κ2) is 8.78. The van der Waals surface area contributed by atoms with E-state index in [9.17, 15) is 4.79 Å². The average Bonchev–Trinajstić information content (AvgIpc) is 2.65. The van der Waals surface area contributed by atoms with E-state index in [-0.39, 0.29) is 5.91 Å². The highest BCUT2D eigenvalue weighted by Gasteiger charge is 2.18. The fourth-order valence-corrected chi connectivity index (χ4v) is 3.19. The van der Waals surface area contributed by atoms with Crippen molar-refractivity contribution in [3.05, 3.63) is 46.6 Å². The van der Waals surface area contributed by atoms with E-state index in [1.54, 1.807) is 31.3 Å². The van der Waals surface area contributed by atoms with Crippen molar-refractivity contribution in [2.75, 3.05) is 43.4 Å². The summed E-state index contributed by atoms with van der Waals surface area (Å²) in [5.41, 5.74) is 0.621. The van der Waals surface area contributed by atoms with Crippen LogP contribution in [0.2, 0.25) is 10.0 Å². The van der Waals surface area contributed by atoms with Crippen LogP contribution in [0.15, 0.2) is 36.5 Å². The third-order valence-electron chi connectivity index (χ3n) is 4.41. The van der Waals surface area contributed by atoms with Crippen molar-refractivity contribution in [1.82, 2.24) is 9.88 Å². The molecule has 0 saturated carbocycles. The molecule has 0 spiro atoms. The van der Waals surface area contributed by atoms with Gasteiger partial charge in [0, 0.05) is 31.2 Å². The lowest BCUT2D eigenvalue weighted by molar-refractivity contribution is -0.122. The van der Waals surface area contributed by atoms with Crippen molar-refractivity contribution >= 4 is 40.6 Å². The number of carbonyl (C=O) groups is 1. The minimum atomic E-state index is -0.721. The lowest BCUT2D eigenvalue weighted by Crippen LogP contribution is -2.44. The van der Waals surface area contributed by atoms with Gasteiger partial charge < -0.3 is 19.9 Å². The van der Waals surface area contributed by atoms with Gasteiger partial charge in [-0.25, -0.2) is 4.98 Å². The van der Waals surface area contributed by atoms with Crippen molar-refractivity contribution in [3.63, 3.8) is 0 Å². The Labute approximate surface area is 169 Å². The summed E-state index contributed by atoms with van der Waals surface area (Å²) in [5.74, 6) is 1.04. The van der Waals surface area contributed by atoms with Crippen LogP contribution in [0.25, 0.3) is 0 Å². The Balaban J connectivity index is 1.57. The molecule has 1 amide bonds. The zero-order valence-electron chi connectivity index (χ0n) is 15.3. The summed E-state index contributed by atoms with van der Waals surface area (Å²) >= 11 is 11.9. The molecule has 1 atom stereocenters. The number of pyridine rings is 1. The van der Waals surface area contributed by atoms with Gasteiger partial charge in [-0.15, -0.1) is 0 Å². The van der Waals surface area contributed by atoms with Gasteiger partial charge in [-0.1, -0.05) is 23.2 Å². The molecule has 0 aliphatic carbocycles. The van der Waals surface area contributed by atoms with Gasteiger partial charge in [0.25, 0.3) is 5.91 Å². The molecular formula is C19H22Cl2N4O2. The number of rotatable bonds is 5. The van der Waals surface area contributed by atoms with E-state index in [1.807, 2.05) is 12.1 Å². The van der Waals surface area contributed by atoms with Crippen molar-refractivity contribution in [3.8, 4) is 5.75 Å². The third-order valence-corrected chi connectivity index (χ3v) is 4.94. The standard InChI is InChI=1S/C19H22Cl2N4O2/c1-13(27-17-5-3-14(20)11-16(17)21)19(26)23-15-4-6-18(22-12-15)25-9-7-24(2)8-10-25/h3-6,11-13H,7-10H2,1-2H3,(H,23,26). The number of benzene rings is 1. The number of amides is 1. The lowest BCUT2D eigenvalue weighted by atomic mass is 10.3.